The van der Waals surface area contributed by atoms with Gasteiger partial charge < -0.3 is 10.3 Å². The minimum Gasteiger partial charge on any atom is -0.347 e. The van der Waals surface area contributed by atoms with Crippen molar-refractivity contribution in [3.63, 3.8) is 0 Å². The van der Waals surface area contributed by atoms with E-state index in [1.165, 1.54) is 25.3 Å². The Morgan fingerprint density at radius 2 is 1.94 bits per heavy atom. The predicted octanol–water partition coefficient (Wildman–Crippen LogP) is 1.15. The molecule has 1 aromatic rings. The van der Waals surface area contributed by atoms with Gasteiger partial charge in [-0.2, -0.15) is 0 Å². The van der Waals surface area contributed by atoms with E-state index >= 15 is 0 Å². The van der Waals surface area contributed by atoms with E-state index < -0.39 is 0 Å². The molecule has 0 radical (unpaired) electrons. The molecule has 3 fully saturated rings. The fourth-order valence-corrected chi connectivity index (χ4v) is 4.33. The summed E-state index contributed by atoms with van der Waals surface area (Å²) in [7, 11) is 0. The van der Waals surface area contributed by atoms with Crippen molar-refractivity contribution in [2.75, 3.05) is 0 Å². The Morgan fingerprint density at radius 1 is 1.22 bits per heavy atom. The highest BCUT2D eigenvalue weighted by Gasteiger charge is 2.65. The molecule has 2 N–H and O–H groups in total. The van der Waals surface area contributed by atoms with Crippen molar-refractivity contribution >= 4 is 5.91 Å². The average Bonchev–Trinajstić information content (AvgIpc) is 2.77. The molecule has 18 heavy (non-hydrogen) atoms. The van der Waals surface area contributed by atoms with E-state index in [-0.39, 0.29) is 11.5 Å². The second kappa shape index (κ2) is 3.46. The van der Waals surface area contributed by atoms with Crippen LogP contribution in [0.3, 0.4) is 0 Å². The molecule has 0 aliphatic heterocycles. The number of aromatic nitrogens is 1. The van der Waals surface area contributed by atoms with E-state index in [2.05, 4.69) is 10.3 Å². The molecule has 0 saturated heterocycles. The number of hydrogen-bond acceptors (Lipinski definition) is 2. The summed E-state index contributed by atoms with van der Waals surface area (Å²) in [4.78, 5) is 25.8. The molecule has 4 atom stereocenters. The van der Waals surface area contributed by atoms with Crippen LogP contribution in [0.15, 0.2) is 23.0 Å². The molecule has 0 aromatic carbocycles. The predicted molar refractivity (Wildman–Crippen MR) is 66.1 cm³/mol. The lowest BCUT2D eigenvalue weighted by atomic mass is 10.0. The number of nitrogens with one attached hydrogen (secondary N) is 2. The van der Waals surface area contributed by atoms with E-state index in [1.54, 1.807) is 12.1 Å². The molecule has 3 aliphatic rings. The van der Waals surface area contributed by atoms with Gasteiger partial charge in [-0.1, -0.05) is 6.07 Å². The van der Waals surface area contributed by atoms with Crippen molar-refractivity contribution in [2.24, 2.45) is 23.7 Å². The first kappa shape index (κ1) is 10.4. The van der Waals surface area contributed by atoms with Gasteiger partial charge in [-0.3, -0.25) is 9.59 Å². The maximum atomic E-state index is 12.0. The summed E-state index contributed by atoms with van der Waals surface area (Å²) in [5, 5.41) is 3.09. The highest BCUT2D eigenvalue weighted by molar-refractivity contribution is 5.92. The number of amides is 1. The summed E-state index contributed by atoms with van der Waals surface area (Å²) in [6.45, 7) is 0. The number of hydrogen-bond donors (Lipinski definition) is 2. The Hall–Kier alpha value is -1.58. The third kappa shape index (κ3) is 1.38. The zero-order valence-corrected chi connectivity index (χ0v) is 10.1. The first-order valence-corrected chi connectivity index (χ1v) is 6.74. The molecule has 4 unspecified atom stereocenters. The lowest BCUT2D eigenvalue weighted by molar-refractivity contribution is 0.0939. The lowest BCUT2D eigenvalue weighted by Gasteiger charge is -2.10. The van der Waals surface area contributed by atoms with Gasteiger partial charge in [-0.25, -0.2) is 0 Å². The number of fused-ring (bicyclic) bond motifs is 5. The first-order valence-electron chi connectivity index (χ1n) is 6.74. The van der Waals surface area contributed by atoms with Crippen LogP contribution in [0.25, 0.3) is 0 Å². The van der Waals surface area contributed by atoms with Crippen LogP contribution in [0.1, 0.15) is 29.8 Å². The topological polar surface area (TPSA) is 62.0 Å². The molecular formula is C14H16N2O2. The highest BCUT2D eigenvalue weighted by atomic mass is 16.2. The number of carbonyl (C=O) groups excluding carboxylic acids is 1. The Kier molecular flexibility index (Phi) is 1.99. The summed E-state index contributed by atoms with van der Waals surface area (Å²) in [5.74, 6) is 3.01. The molecule has 3 saturated carbocycles. The minimum atomic E-state index is -0.223. The van der Waals surface area contributed by atoms with Crippen LogP contribution in [0.4, 0.5) is 0 Å². The first-order chi connectivity index (χ1) is 8.74. The number of H-pyrrole nitrogens is 1. The highest BCUT2D eigenvalue weighted by Crippen LogP contribution is 2.65. The molecular weight excluding hydrogens is 228 g/mol. The Balaban J connectivity index is 1.48. The summed E-state index contributed by atoms with van der Waals surface area (Å²) >= 11 is 0. The summed E-state index contributed by atoms with van der Waals surface area (Å²) in [6, 6.07) is 5.06. The van der Waals surface area contributed by atoms with Crippen LogP contribution in [0.2, 0.25) is 0 Å². The Bertz CT molecular complexity index is 549. The third-order valence-electron chi connectivity index (χ3n) is 5.05. The number of pyridine rings is 1. The van der Waals surface area contributed by atoms with Crippen LogP contribution in [-0.4, -0.2) is 16.9 Å². The smallest absolute Gasteiger partial charge is 0.268 e. The lowest BCUT2D eigenvalue weighted by Crippen LogP contribution is -2.31. The summed E-state index contributed by atoms with van der Waals surface area (Å²) in [5.41, 5.74) is 0.151. The summed E-state index contributed by atoms with van der Waals surface area (Å²) in [6.07, 6.45) is 4.07. The van der Waals surface area contributed by atoms with Gasteiger partial charge in [0.25, 0.3) is 5.91 Å². The third-order valence-corrected chi connectivity index (χ3v) is 5.05. The molecule has 94 valence electrons. The standard InChI is InChI=1S/C14H16N2O2/c17-10-3-1-2-9(15-10)14(18)16-13-11-7-4-5-8(6-7)12(11)13/h1-3,7-8,11-13H,4-6H2,(H,15,17)(H,16,18). The van der Waals surface area contributed by atoms with Gasteiger partial charge in [0, 0.05) is 12.1 Å². The van der Waals surface area contributed by atoms with E-state index in [1.807, 2.05) is 0 Å². The quantitative estimate of drug-likeness (QED) is 0.819. The molecule has 1 amide bonds. The Labute approximate surface area is 105 Å². The van der Waals surface area contributed by atoms with Gasteiger partial charge in [0.15, 0.2) is 0 Å². The van der Waals surface area contributed by atoms with Crippen molar-refractivity contribution in [1.29, 1.82) is 0 Å². The second-order valence-corrected chi connectivity index (χ2v) is 5.92. The zero-order chi connectivity index (χ0) is 12.3. The molecule has 2 bridgehead atoms. The monoisotopic (exact) mass is 244 g/mol. The number of aromatic amines is 1. The van der Waals surface area contributed by atoms with Crippen molar-refractivity contribution in [3.8, 4) is 0 Å². The van der Waals surface area contributed by atoms with Gasteiger partial charge >= 0.3 is 0 Å². The van der Waals surface area contributed by atoms with Crippen LogP contribution in [-0.2, 0) is 0 Å². The minimum absolute atomic E-state index is 0.133. The van der Waals surface area contributed by atoms with Crippen LogP contribution in [0, 0.1) is 23.7 Å². The van der Waals surface area contributed by atoms with Gasteiger partial charge in [0.2, 0.25) is 5.56 Å². The van der Waals surface area contributed by atoms with Crippen molar-refractivity contribution < 1.29 is 4.79 Å². The van der Waals surface area contributed by atoms with E-state index in [0.717, 1.165) is 23.7 Å². The van der Waals surface area contributed by atoms with Crippen LogP contribution >= 0.6 is 0 Å². The fourth-order valence-electron chi connectivity index (χ4n) is 4.33. The van der Waals surface area contributed by atoms with E-state index in [9.17, 15) is 9.59 Å². The SMILES string of the molecule is O=C(NC1C2C3CCC(C3)C12)c1cccc(=O)[nH]1. The molecule has 4 nitrogen and oxygen atoms in total. The van der Waals surface area contributed by atoms with Crippen LogP contribution in [0.5, 0.6) is 0 Å². The van der Waals surface area contributed by atoms with Crippen LogP contribution < -0.4 is 10.9 Å². The van der Waals surface area contributed by atoms with Gasteiger partial charge in [-0.05, 0) is 49.0 Å². The number of rotatable bonds is 2. The second-order valence-electron chi connectivity index (χ2n) is 5.92. The van der Waals surface area contributed by atoms with Crippen molar-refractivity contribution in [1.82, 2.24) is 10.3 Å². The zero-order valence-electron chi connectivity index (χ0n) is 10.1. The molecule has 4 heteroatoms. The number of carbonyl (C=O) groups is 1. The molecule has 1 aromatic heterocycles. The van der Waals surface area contributed by atoms with E-state index in [0.29, 0.717) is 11.7 Å². The maximum Gasteiger partial charge on any atom is 0.268 e. The molecule has 0 spiro atoms. The van der Waals surface area contributed by atoms with E-state index in [4.69, 9.17) is 0 Å². The summed E-state index contributed by atoms with van der Waals surface area (Å²) < 4.78 is 0. The largest absolute Gasteiger partial charge is 0.347 e. The molecule has 3 aliphatic carbocycles. The average molecular weight is 244 g/mol. The molecule has 1 heterocycles. The van der Waals surface area contributed by atoms with Gasteiger partial charge in [0.1, 0.15) is 5.69 Å². The normalized spacial score (nSPS) is 39.4. The van der Waals surface area contributed by atoms with Crippen molar-refractivity contribution in [2.45, 2.75) is 25.3 Å². The fraction of sp³-hybridized carbons (Fsp3) is 0.571. The molecule has 4 rings (SSSR count). The Morgan fingerprint density at radius 3 is 2.61 bits per heavy atom. The maximum absolute atomic E-state index is 12.0. The van der Waals surface area contributed by atoms with Crippen molar-refractivity contribution in [3.05, 3.63) is 34.2 Å². The van der Waals surface area contributed by atoms with Gasteiger partial charge in [0.05, 0.1) is 0 Å². The van der Waals surface area contributed by atoms with Gasteiger partial charge in [-0.15, -0.1) is 0 Å².